The molecule has 0 bridgehead atoms. The Kier molecular flexibility index (Phi) is 5.30. The molecule has 2 heterocycles. The molecule has 1 aromatic rings. The Morgan fingerprint density at radius 1 is 1.21 bits per heavy atom. The standard InChI is InChI=1S/C14H22N4O/c15-17-14(19)13-8-6-7-12(16-13)11-18-9-4-2-1-3-5-10-18/h6-8H,1-5,9-11,15H2,(H,17,19). The van der Waals surface area contributed by atoms with E-state index in [1.165, 1.54) is 32.1 Å². The molecule has 5 nitrogen and oxygen atoms in total. The van der Waals surface area contributed by atoms with Crippen molar-refractivity contribution in [3.63, 3.8) is 0 Å². The quantitative estimate of drug-likeness (QED) is 0.491. The van der Waals surface area contributed by atoms with Gasteiger partial charge in [-0.3, -0.25) is 15.1 Å². The van der Waals surface area contributed by atoms with Crippen LogP contribution in [0.15, 0.2) is 18.2 Å². The van der Waals surface area contributed by atoms with E-state index >= 15 is 0 Å². The topological polar surface area (TPSA) is 71.2 Å². The van der Waals surface area contributed by atoms with Crippen molar-refractivity contribution in [2.24, 2.45) is 5.84 Å². The summed E-state index contributed by atoms with van der Waals surface area (Å²) in [7, 11) is 0. The van der Waals surface area contributed by atoms with Crippen molar-refractivity contribution in [3.05, 3.63) is 29.6 Å². The summed E-state index contributed by atoms with van der Waals surface area (Å²) in [4.78, 5) is 18.2. The first-order chi connectivity index (χ1) is 9.29. The van der Waals surface area contributed by atoms with Crippen LogP contribution in [-0.4, -0.2) is 28.9 Å². The van der Waals surface area contributed by atoms with Crippen molar-refractivity contribution < 1.29 is 4.79 Å². The second kappa shape index (κ2) is 7.21. The second-order valence-corrected chi connectivity index (χ2v) is 5.03. The Bertz CT molecular complexity index is 414. The normalized spacial score (nSPS) is 17.5. The number of nitrogens with two attached hydrogens (primary N) is 1. The first kappa shape index (κ1) is 14.0. The third-order valence-electron chi connectivity index (χ3n) is 3.50. The van der Waals surface area contributed by atoms with Gasteiger partial charge in [0.15, 0.2) is 0 Å². The fourth-order valence-corrected chi connectivity index (χ4v) is 2.47. The maximum absolute atomic E-state index is 11.4. The lowest BCUT2D eigenvalue weighted by atomic mass is 10.1. The van der Waals surface area contributed by atoms with E-state index in [1.807, 2.05) is 12.1 Å². The number of pyridine rings is 1. The number of aromatic nitrogens is 1. The molecule has 1 aliphatic rings. The van der Waals surface area contributed by atoms with Crippen molar-refractivity contribution >= 4 is 5.91 Å². The maximum atomic E-state index is 11.4. The van der Waals surface area contributed by atoms with E-state index in [1.54, 1.807) is 6.07 Å². The smallest absolute Gasteiger partial charge is 0.283 e. The zero-order valence-electron chi connectivity index (χ0n) is 11.3. The molecule has 5 heteroatoms. The van der Waals surface area contributed by atoms with Gasteiger partial charge in [0.2, 0.25) is 0 Å². The van der Waals surface area contributed by atoms with E-state index in [9.17, 15) is 4.79 Å². The average molecular weight is 262 g/mol. The summed E-state index contributed by atoms with van der Waals surface area (Å²) in [6.45, 7) is 3.05. The average Bonchev–Trinajstić information content (AvgIpc) is 2.41. The zero-order chi connectivity index (χ0) is 13.5. The van der Waals surface area contributed by atoms with Gasteiger partial charge in [-0.1, -0.05) is 25.3 Å². The Hall–Kier alpha value is -1.46. The fraction of sp³-hybridized carbons (Fsp3) is 0.571. The van der Waals surface area contributed by atoms with E-state index < -0.39 is 0 Å². The number of carbonyl (C=O) groups excluding carboxylic acids is 1. The molecule has 2 rings (SSSR count). The Morgan fingerprint density at radius 3 is 2.58 bits per heavy atom. The molecule has 1 fully saturated rings. The molecule has 0 radical (unpaired) electrons. The first-order valence-electron chi connectivity index (χ1n) is 6.99. The summed E-state index contributed by atoms with van der Waals surface area (Å²) in [5, 5.41) is 0. The highest BCUT2D eigenvalue weighted by Gasteiger charge is 2.11. The number of amides is 1. The highest BCUT2D eigenvalue weighted by atomic mass is 16.2. The lowest BCUT2D eigenvalue weighted by molar-refractivity contribution is 0.0948. The Labute approximate surface area is 114 Å². The molecule has 1 amide bonds. The summed E-state index contributed by atoms with van der Waals surface area (Å²) in [6.07, 6.45) is 6.50. The third-order valence-corrected chi connectivity index (χ3v) is 3.50. The van der Waals surface area contributed by atoms with Gasteiger partial charge >= 0.3 is 0 Å². The molecule has 19 heavy (non-hydrogen) atoms. The van der Waals surface area contributed by atoms with Crippen molar-refractivity contribution in [2.45, 2.75) is 38.6 Å². The van der Waals surface area contributed by atoms with Crippen molar-refractivity contribution in [1.29, 1.82) is 0 Å². The molecule has 1 aromatic heterocycles. The summed E-state index contributed by atoms with van der Waals surface area (Å²) in [5.41, 5.74) is 3.43. The Morgan fingerprint density at radius 2 is 1.89 bits per heavy atom. The molecule has 0 aliphatic carbocycles. The van der Waals surface area contributed by atoms with Crippen molar-refractivity contribution in [2.75, 3.05) is 13.1 Å². The lowest BCUT2D eigenvalue weighted by Crippen LogP contribution is -2.31. The van der Waals surface area contributed by atoms with Crippen LogP contribution in [0.5, 0.6) is 0 Å². The predicted octanol–water partition coefficient (Wildman–Crippen LogP) is 1.45. The van der Waals surface area contributed by atoms with Crippen LogP contribution in [0.4, 0.5) is 0 Å². The number of likely N-dealkylation sites (tertiary alicyclic amines) is 1. The molecule has 0 unspecified atom stereocenters. The number of nitrogens with zero attached hydrogens (tertiary/aromatic N) is 2. The highest BCUT2D eigenvalue weighted by Crippen LogP contribution is 2.12. The van der Waals surface area contributed by atoms with E-state index in [2.05, 4.69) is 15.3 Å². The van der Waals surface area contributed by atoms with Gasteiger partial charge in [-0.2, -0.15) is 0 Å². The molecular formula is C14H22N4O. The van der Waals surface area contributed by atoms with Crippen LogP contribution >= 0.6 is 0 Å². The molecule has 0 atom stereocenters. The summed E-state index contributed by atoms with van der Waals surface area (Å²) < 4.78 is 0. The van der Waals surface area contributed by atoms with E-state index in [4.69, 9.17) is 5.84 Å². The minimum absolute atomic E-state index is 0.338. The van der Waals surface area contributed by atoms with Gasteiger partial charge in [0.25, 0.3) is 5.91 Å². The monoisotopic (exact) mass is 262 g/mol. The van der Waals surface area contributed by atoms with Crippen LogP contribution in [0.1, 0.15) is 48.3 Å². The van der Waals surface area contributed by atoms with Crippen LogP contribution in [0.25, 0.3) is 0 Å². The number of hydrogen-bond donors (Lipinski definition) is 2. The fourth-order valence-electron chi connectivity index (χ4n) is 2.47. The molecule has 0 aromatic carbocycles. The summed E-state index contributed by atoms with van der Waals surface area (Å²) in [5.74, 6) is 4.79. The van der Waals surface area contributed by atoms with Crippen LogP contribution in [0, 0.1) is 0 Å². The van der Waals surface area contributed by atoms with Crippen LogP contribution in [0.3, 0.4) is 0 Å². The molecule has 1 saturated heterocycles. The molecular weight excluding hydrogens is 240 g/mol. The number of nitrogens with one attached hydrogen (secondary N) is 1. The van der Waals surface area contributed by atoms with Crippen molar-refractivity contribution in [1.82, 2.24) is 15.3 Å². The molecule has 104 valence electrons. The van der Waals surface area contributed by atoms with Gasteiger partial charge in [-0.15, -0.1) is 0 Å². The first-order valence-corrected chi connectivity index (χ1v) is 6.99. The van der Waals surface area contributed by atoms with Gasteiger partial charge in [-0.25, -0.2) is 10.8 Å². The predicted molar refractivity (Wildman–Crippen MR) is 74.3 cm³/mol. The minimum Gasteiger partial charge on any atom is -0.298 e. The number of hydrazine groups is 1. The largest absolute Gasteiger partial charge is 0.298 e. The molecule has 3 N–H and O–H groups in total. The van der Waals surface area contributed by atoms with Gasteiger partial charge < -0.3 is 0 Å². The SMILES string of the molecule is NNC(=O)c1cccc(CN2CCCCCCC2)n1. The van der Waals surface area contributed by atoms with Crippen LogP contribution in [-0.2, 0) is 6.54 Å². The van der Waals surface area contributed by atoms with E-state index in [-0.39, 0.29) is 5.91 Å². The highest BCUT2D eigenvalue weighted by molar-refractivity contribution is 5.91. The van der Waals surface area contributed by atoms with E-state index in [0.29, 0.717) is 5.69 Å². The van der Waals surface area contributed by atoms with Gasteiger partial charge in [0, 0.05) is 6.54 Å². The molecule has 1 aliphatic heterocycles. The third kappa shape index (κ3) is 4.29. The van der Waals surface area contributed by atoms with Gasteiger partial charge in [0.1, 0.15) is 5.69 Å². The summed E-state index contributed by atoms with van der Waals surface area (Å²) >= 11 is 0. The number of carbonyl (C=O) groups is 1. The van der Waals surface area contributed by atoms with E-state index in [0.717, 1.165) is 25.3 Å². The zero-order valence-corrected chi connectivity index (χ0v) is 11.3. The maximum Gasteiger partial charge on any atom is 0.283 e. The van der Waals surface area contributed by atoms with Gasteiger partial charge in [0.05, 0.1) is 5.69 Å². The molecule has 0 saturated carbocycles. The van der Waals surface area contributed by atoms with Crippen molar-refractivity contribution in [3.8, 4) is 0 Å². The number of hydrogen-bond acceptors (Lipinski definition) is 4. The Balaban J connectivity index is 1.99. The minimum atomic E-state index is -0.338. The number of rotatable bonds is 3. The van der Waals surface area contributed by atoms with Gasteiger partial charge in [-0.05, 0) is 38.1 Å². The van der Waals surface area contributed by atoms with Crippen LogP contribution < -0.4 is 11.3 Å². The molecule has 0 spiro atoms. The van der Waals surface area contributed by atoms with Crippen LogP contribution in [0.2, 0.25) is 0 Å². The lowest BCUT2D eigenvalue weighted by Gasteiger charge is -2.24. The second-order valence-electron chi connectivity index (χ2n) is 5.03. The summed E-state index contributed by atoms with van der Waals surface area (Å²) in [6, 6.07) is 5.50. The number of nitrogen functional groups attached to an aromatic ring is 1.